The predicted molar refractivity (Wildman–Crippen MR) is 116 cm³/mol. The van der Waals surface area contributed by atoms with Crippen LogP contribution < -0.4 is 5.32 Å². The topological polar surface area (TPSA) is 56.1 Å². The molecular weight excluding hydrogens is 394 g/mol. The van der Waals surface area contributed by atoms with E-state index in [-0.39, 0.29) is 0 Å². The van der Waals surface area contributed by atoms with Crippen molar-refractivity contribution in [3.05, 3.63) is 69.5 Å². The maximum absolute atomic E-state index is 11.5. The van der Waals surface area contributed by atoms with Gasteiger partial charge in [0.25, 0.3) is 0 Å². The van der Waals surface area contributed by atoms with E-state index in [0.717, 1.165) is 33.4 Å². The molecule has 150 valence electrons. The van der Waals surface area contributed by atoms with Gasteiger partial charge in [0.05, 0.1) is 12.1 Å². The van der Waals surface area contributed by atoms with Gasteiger partial charge >= 0.3 is 6.09 Å². The van der Waals surface area contributed by atoms with Gasteiger partial charge in [-0.3, -0.25) is 4.98 Å². The highest BCUT2D eigenvalue weighted by Crippen LogP contribution is 2.32. The van der Waals surface area contributed by atoms with Gasteiger partial charge in [0, 0.05) is 42.6 Å². The third kappa shape index (κ3) is 5.91. The highest BCUT2D eigenvalue weighted by atomic mass is 35.5. The van der Waals surface area contributed by atoms with Crippen molar-refractivity contribution in [3.8, 4) is 0 Å². The summed E-state index contributed by atoms with van der Waals surface area (Å²) >= 11 is 7.73. The fourth-order valence-electron chi connectivity index (χ4n) is 2.82. The number of nitrogens with zero attached hydrogens (tertiary/aromatic N) is 2. The lowest BCUT2D eigenvalue weighted by atomic mass is 10.1. The summed E-state index contributed by atoms with van der Waals surface area (Å²) in [5.74, 6) is 0. The smallest absolute Gasteiger partial charge is 0.407 e. The Balaban J connectivity index is 2.31. The first-order chi connectivity index (χ1) is 13.5. The predicted octanol–water partition coefficient (Wildman–Crippen LogP) is 5.54. The first-order valence-corrected chi connectivity index (χ1v) is 10.2. The monoisotopic (exact) mass is 419 g/mol. The van der Waals surface area contributed by atoms with Crippen LogP contribution in [-0.4, -0.2) is 22.8 Å². The highest BCUT2D eigenvalue weighted by Gasteiger charge is 2.18. The Bertz CT molecular complexity index is 860. The van der Waals surface area contributed by atoms with E-state index in [2.05, 4.69) is 40.2 Å². The number of alkyl carbamates (subject to hydrolysis) is 1. The third-order valence-electron chi connectivity index (χ3n) is 4.45. The Labute approximate surface area is 175 Å². The van der Waals surface area contributed by atoms with E-state index in [4.69, 9.17) is 16.3 Å². The van der Waals surface area contributed by atoms with Crippen LogP contribution >= 0.6 is 23.4 Å². The van der Waals surface area contributed by atoms with E-state index in [9.17, 15) is 4.79 Å². The number of amides is 1. The van der Waals surface area contributed by atoms with Gasteiger partial charge in [-0.15, -0.1) is 0 Å². The van der Waals surface area contributed by atoms with Crippen LogP contribution in [0.1, 0.15) is 35.7 Å². The fraction of sp³-hybridized carbons (Fsp3) is 0.333. The number of pyridine rings is 1. The van der Waals surface area contributed by atoms with Crippen LogP contribution in [0.25, 0.3) is 0 Å². The van der Waals surface area contributed by atoms with Gasteiger partial charge in [-0.2, -0.15) is 0 Å². The normalized spacial score (nSPS) is 11.8. The van der Waals surface area contributed by atoms with Crippen LogP contribution in [-0.2, 0) is 17.8 Å². The zero-order valence-corrected chi connectivity index (χ0v) is 18.2. The molecular formula is C21H26ClN3O2S. The van der Waals surface area contributed by atoms with Gasteiger partial charge in [-0.1, -0.05) is 35.5 Å². The number of aromatic nitrogens is 2. The van der Waals surface area contributed by atoms with Gasteiger partial charge in [0.2, 0.25) is 0 Å². The van der Waals surface area contributed by atoms with Crippen molar-refractivity contribution in [3.63, 3.8) is 0 Å². The molecule has 2 aromatic rings. The molecule has 2 rings (SSSR count). The summed E-state index contributed by atoms with van der Waals surface area (Å²) in [6.45, 7) is 7.25. The fourth-order valence-corrected chi connectivity index (χ4v) is 3.85. The van der Waals surface area contributed by atoms with Crippen LogP contribution in [0.5, 0.6) is 0 Å². The molecule has 0 atom stereocenters. The molecule has 0 radical (unpaired) electrons. The number of halogens is 1. The number of nitrogens with one attached hydrogen (secondary N) is 1. The summed E-state index contributed by atoms with van der Waals surface area (Å²) < 4.78 is 6.97. The molecule has 2 heterocycles. The van der Waals surface area contributed by atoms with E-state index in [1.165, 1.54) is 12.7 Å². The Kier molecular flexibility index (Phi) is 8.67. The molecule has 0 unspecified atom stereocenters. The van der Waals surface area contributed by atoms with Crippen LogP contribution in [0.3, 0.4) is 0 Å². The molecule has 1 N–H and O–H groups in total. The van der Waals surface area contributed by atoms with Crippen molar-refractivity contribution >= 4 is 29.5 Å². The van der Waals surface area contributed by atoms with Crippen LogP contribution in [0.4, 0.5) is 4.79 Å². The lowest BCUT2D eigenvalue weighted by Gasteiger charge is -2.11. The molecule has 0 bridgehead atoms. The van der Waals surface area contributed by atoms with E-state index in [0.29, 0.717) is 13.0 Å². The number of rotatable bonds is 8. The summed E-state index contributed by atoms with van der Waals surface area (Å²) in [5.41, 5.74) is 4.54. The van der Waals surface area contributed by atoms with Crippen molar-refractivity contribution < 1.29 is 9.53 Å². The highest BCUT2D eigenvalue weighted by molar-refractivity contribution is 8.02. The molecule has 2 aromatic heterocycles. The molecule has 0 aliphatic rings. The summed E-state index contributed by atoms with van der Waals surface area (Å²) in [5, 5.41) is 6.81. The number of hydrogen-bond donors (Lipinski definition) is 1. The van der Waals surface area contributed by atoms with Crippen molar-refractivity contribution in [1.29, 1.82) is 0 Å². The summed E-state index contributed by atoms with van der Waals surface area (Å²) in [7, 11) is 1.37. The first kappa shape index (κ1) is 22.1. The van der Waals surface area contributed by atoms with Gasteiger partial charge in [-0.25, -0.2) is 4.79 Å². The molecule has 7 heteroatoms. The van der Waals surface area contributed by atoms with Crippen molar-refractivity contribution in [2.45, 2.75) is 45.3 Å². The molecule has 5 nitrogen and oxygen atoms in total. The number of hydrogen-bond acceptors (Lipinski definition) is 4. The van der Waals surface area contributed by atoms with Crippen LogP contribution in [0, 0.1) is 13.8 Å². The van der Waals surface area contributed by atoms with E-state index < -0.39 is 6.09 Å². The summed E-state index contributed by atoms with van der Waals surface area (Å²) in [6, 6.07) is 4.02. The average Bonchev–Trinajstić information content (AvgIpc) is 2.93. The van der Waals surface area contributed by atoms with E-state index in [1.54, 1.807) is 24.2 Å². The number of carbonyl (C=O) groups excluding carboxylic acids is 1. The lowest BCUT2D eigenvalue weighted by Crippen LogP contribution is -2.22. The maximum Gasteiger partial charge on any atom is 0.407 e. The number of ether oxygens (including phenoxy) is 1. The second-order valence-corrected chi connectivity index (χ2v) is 7.59. The minimum Gasteiger partial charge on any atom is -0.453 e. The number of thioether (sulfide) groups is 1. The number of carbonyl (C=O) groups is 1. The van der Waals surface area contributed by atoms with E-state index >= 15 is 0 Å². The van der Waals surface area contributed by atoms with E-state index in [1.807, 2.05) is 25.1 Å². The standard InChI is InChI=1S/C21H26ClN3O2S/c1-5-18(22)7-6-12-28-20-15(2)19(13-24-21(26)27-4)16(3)25(20)14-17-8-10-23-11-9-17/h5-6,8-12H,7,13-14H2,1-4H3,(H,24,26)/b12-6-,18-5+. The molecule has 0 saturated carbocycles. The lowest BCUT2D eigenvalue weighted by molar-refractivity contribution is 0.170. The Morgan fingerprint density at radius 1 is 1.36 bits per heavy atom. The summed E-state index contributed by atoms with van der Waals surface area (Å²) in [6.07, 6.45) is 7.83. The molecule has 0 aliphatic carbocycles. The minimum atomic E-state index is -0.434. The average molecular weight is 420 g/mol. The second kappa shape index (κ2) is 11.0. The third-order valence-corrected chi connectivity index (χ3v) is 5.90. The molecule has 0 saturated heterocycles. The van der Waals surface area contributed by atoms with Gasteiger partial charge in [0.1, 0.15) is 0 Å². The van der Waals surface area contributed by atoms with Crippen molar-refractivity contribution in [1.82, 2.24) is 14.9 Å². The zero-order valence-electron chi connectivity index (χ0n) is 16.7. The van der Waals surface area contributed by atoms with Gasteiger partial charge in [0.15, 0.2) is 0 Å². The number of allylic oxidation sites excluding steroid dienone is 3. The Hall–Kier alpha value is -2.18. The number of methoxy groups -OCH3 is 1. The summed E-state index contributed by atoms with van der Waals surface area (Å²) in [4.78, 5) is 15.6. The molecule has 0 aliphatic heterocycles. The van der Waals surface area contributed by atoms with Crippen molar-refractivity contribution in [2.75, 3.05) is 7.11 Å². The van der Waals surface area contributed by atoms with Crippen LogP contribution in [0.15, 0.2) is 52.1 Å². The zero-order chi connectivity index (χ0) is 20.5. The van der Waals surface area contributed by atoms with Gasteiger partial charge in [-0.05, 0) is 55.0 Å². The first-order valence-electron chi connectivity index (χ1n) is 8.99. The van der Waals surface area contributed by atoms with Gasteiger partial charge < -0.3 is 14.6 Å². The molecule has 0 aromatic carbocycles. The molecule has 28 heavy (non-hydrogen) atoms. The quantitative estimate of drug-likeness (QED) is 0.570. The van der Waals surface area contributed by atoms with Crippen molar-refractivity contribution in [2.24, 2.45) is 0 Å². The SMILES string of the molecule is C/C=C(/Cl)C/C=C\Sc1c(C)c(CNC(=O)OC)c(C)n1Cc1ccncc1. The maximum atomic E-state index is 11.5. The largest absolute Gasteiger partial charge is 0.453 e. The molecule has 0 spiro atoms. The molecule has 1 amide bonds. The Morgan fingerprint density at radius 2 is 2.07 bits per heavy atom. The van der Waals surface area contributed by atoms with Crippen LogP contribution in [0.2, 0.25) is 0 Å². The molecule has 0 fully saturated rings. The Morgan fingerprint density at radius 3 is 2.71 bits per heavy atom. The minimum absolute atomic E-state index is 0.426. The second-order valence-electron chi connectivity index (χ2n) is 6.21.